The third-order valence-electron chi connectivity index (χ3n) is 1.68. The molecule has 0 aromatic heterocycles. The fourth-order valence-electron chi connectivity index (χ4n) is 1.03. The molecule has 0 atom stereocenters. The Morgan fingerprint density at radius 1 is 1.38 bits per heavy atom. The SMILES string of the molecule is C=C(CSC)C(=O)c1ccccc1. The quantitative estimate of drug-likeness (QED) is 0.539. The van der Waals surface area contributed by atoms with Crippen LogP contribution in [0.5, 0.6) is 0 Å². The summed E-state index contributed by atoms with van der Waals surface area (Å²) in [4.78, 5) is 11.6. The van der Waals surface area contributed by atoms with Crippen molar-refractivity contribution in [3.8, 4) is 0 Å². The number of carbonyl (C=O) groups is 1. The lowest BCUT2D eigenvalue weighted by Gasteiger charge is -2.01. The minimum Gasteiger partial charge on any atom is -0.289 e. The molecule has 68 valence electrons. The van der Waals surface area contributed by atoms with Gasteiger partial charge in [-0.3, -0.25) is 4.79 Å². The summed E-state index contributed by atoms with van der Waals surface area (Å²) in [5.41, 5.74) is 1.39. The van der Waals surface area contributed by atoms with Gasteiger partial charge in [-0.15, -0.1) is 0 Å². The van der Waals surface area contributed by atoms with E-state index in [-0.39, 0.29) is 5.78 Å². The fraction of sp³-hybridized carbons (Fsp3) is 0.182. The van der Waals surface area contributed by atoms with E-state index in [0.29, 0.717) is 11.3 Å². The monoisotopic (exact) mass is 192 g/mol. The lowest BCUT2D eigenvalue weighted by atomic mass is 10.1. The summed E-state index contributed by atoms with van der Waals surface area (Å²) in [5.74, 6) is 0.753. The zero-order valence-corrected chi connectivity index (χ0v) is 8.43. The zero-order valence-electron chi connectivity index (χ0n) is 7.62. The van der Waals surface area contributed by atoms with Crippen LogP contribution in [0.25, 0.3) is 0 Å². The maximum atomic E-state index is 11.6. The lowest BCUT2D eigenvalue weighted by molar-refractivity contribution is 0.103. The van der Waals surface area contributed by atoms with E-state index in [1.165, 1.54) is 0 Å². The molecule has 0 spiro atoms. The Labute approximate surface area is 82.9 Å². The van der Waals surface area contributed by atoms with E-state index >= 15 is 0 Å². The third kappa shape index (κ3) is 2.74. The second-order valence-electron chi connectivity index (χ2n) is 2.73. The highest BCUT2D eigenvalue weighted by molar-refractivity contribution is 7.98. The van der Waals surface area contributed by atoms with Gasteiger partial charge in [-0.1, -0.05) is 36.9 Å². The predicted octanol–water partition coefficient (Wildman–Crippen LogP) is 2.79. The van der Waals surface area contributed by atoms with Crippen molar-refractivity contribution in [1.82, 2.24) is 0 Å². The summed E-state index contributed by atoms with van der Waals surface area (Å²) in [6.07, 6.45) is 1.96. The number of Topliss-reactive ketones (excluding diaryl/α,β-unsaturated/α-hetero) is 1. The number of ketones is 1. The minimum atomic E-state index is 0.0509. The molecule has 0 saturated heterocycles. The summed E-state index contributed by atoms with van der Waals surface area (Å²) >= 11 is 1.61. The molecule has 0 heterocycles. The van der Waals surface area contributed by atoms with E-state index < -0.39 is 0 Å². The average Bonchev–Trinajstić information content (AvgIpc) is 2.18. The van der Waals surface area contributed by atoms with E-state index in [9.17, 15) is 4.79 Å². The van der Waals surface area contributed by atoms with E-state index in [4.69, 9.17) is 0 Å². The Hall–Kier alpha value is -1.02. The van der Waals surface area contributed by atoms with Crippen molar-refractivity contribution in [2.75, 3.05) is 12.0 Å². The predicted molar refractivity (Wildman–Crippen MR) is 58.3 cm³/mol. The molecule has 0 aliphatic heterocycles. The summed E-state index contributed by atoms with van der Waals surface area (Å²) in [6, 6.07) is 9.25. The van der Waals surface area contributed by atoms with Gasteiger partial charge in [-0.2, -0.15) is 11.8 Å². The van der Waals surface area contributed by atoms with E-state index in [0.717, 1.165) is 5.56 Å². The normalized spacial score (nSPS) is 9.62. The van der Waals surface area contributed by atoms with Gasteiger partial charge in [-0.25, -0.2) is 0 Å². The largest absolute Gasteiger partial charge is 0.289 e. The molecule has 0 saturated carbocycles. The molecule has 1 aromatic rings. The van der Waals surface area contributed by atoms with Gasteiger partial charge in [-0.05, 0) is 6.26 Å². The van der Waals surface area contributed by atoms with Gasteiger partial charge in [0.15, 0.2) is 5.78 Å². The Balaban J connectivity index is 2.74. The second-order valence-corrected chi connectivity index (χ2v) is 3.60. The third-order valence-corrected chi connectivity index (χ3v) is 2.31. The van der Waals surface area contributed by atoms with Gasteiger partial charge in [0, 0.05) is 16.9 Å². The van der Waals surface area contributed by atoms with Crippen LogP contribution >= 0.6 is 11.8 Å². The van der Waals surface area contributed by atoms with Crippen molar-refractivity contribution >= 4 is 17.5 Å². The van der Waals surface area contributed by atoms with Crippen LogP contribution in [-0.4, -0.2) is 17.8 Å². The number of carbonyl (C=O) groups excluding carboxylic acids is 1. The first-order chi connectivity index (χ1) is 6.25. The molecule has 1 aromatic carbocycles. The highest BCUT2D eigenvalue weighted by Crippen LogP contribution is 2.10. The van der Waals surface area contributed by atoms with Gasteiger partial charge in [0.05, 0.1) is 0 Å². The van der Waals surface area contributed by atoms with Crippen molar-refractivity contribution in [1.29, 1.82) is 0 Å². The van der Waals surface area contributed by atoms with E-state index in [1.54, 1.807) is 11.8 Å². The van der Waals surface area contributed by atoms with Gasteiger partial charge < -0.3 is 0 Å². The smallest absolute Gasteiger partial charge is 0.189 e. The molecule has 0 radical (unpaired) electrons. The molecule has 0 bridgehead atoms. The van der Waals surface area contributed by atoms with Crippen LogP contribution in [0.3, 0.4) is 0 Å². The molecule has 2 heteroatoms. The highest BCUT2D eigenvalue weighted by Gasteiger charge is 2.07. The van der Waals surface area contributed by atoms with Crippen molar-refractivity contribution in [2.24, 2.45) is 0 Å². The fourth-order valence-corrected chi connectivity index (χ4v) is 1.51. The minimum absolute atomic E-state index is 0.0509. The van der Waals surface area contributed by atoms with Crippen molar-refractivity contribution in [3.05, 3.63) is 48.0 Å². The van der Waals surface area contributed by atoms with Crippen LogP contribution in [0.1, 0.15) is 10.4 Å². The second kappa shape index (κ2) is 4.87. The molecular formula is C11H12OS. The molecule has 0 amide bonds. The Kier molecular flexibility index (Phi) is 3.77. The number of rotatable bonds is 4. The van der Waals surface area contributed by atoms with E-state index in [2.05, 4.69) is 6.58 Å². The summed E-state index contributed by atoms with van der Waals surface area (Å²) in [6.45, 7) is 3.75. The molecule has 0 aliphatic carbocycles. The Bertz CT molecular complexity index is 303. The molecular weight excluding hydrogens is 180 g/mol. The first-order valence-corrected chi connectivity index (χ1v) is 5.41. The topological polar surface area (TPSA) is 17.1 Å². The number of benzene rings is 1. The number of thioether (sulfide) groups is 1. The van der Waals surface area contributed by atoms with Crippen molar-refractivity contribution in [3.63, 3.8) is 0 Å². The lowest BCUT2D eigenvalue weighted by Crippen LogP contribution is -2.03. The van der Waals surface area contributed by atoms with Crippen LogP contribution < -0.4 is 0 Å². The Morgan fingerprint density at radius 3 is 2.54 bits per heavy atom. The van der Waals surface area contributed by atoms with Crippen LogP contribution in [-0.2, 0) is 0 Å². The number of hydrogen-bond donors (Lipinski definition) is 0. The van der Waals surface area contributed by atoms with Gasteiger partial charge in [0.1, 0.15) is 0 Å². The first-order valence-electron chi connectivity index (χ1n) is 4.02. The molecule has 1 rings (SSSR count). The van der Waals surface area contributed by atoms with Crippen LogP contribution in [0.15, 0.2) is 42.5 Å². The molecule has 1 nitrogen and oxygen atoms in total. The van der Waals surface area contributed by atoms with Crippen LogP contribution in [0.4, 0.5) is 0 Å². The van der Waals surface area contributed by atoms with Crippen molar-refractivity contribution in [2.45, 2.75) is 0 Å². The maximum Gasteiger partial charge on any atom is 0.189 e. The Morgan fingerprint density at radius 2 is 2.00 bits per heavy atom. The van der Waals surface area contributed by atoms with Crippen molar-refractivity contribution < 1.29 is 4.79 Å². The maximum absolute atomic E-state index is 11.6. The molecule has 0 unspecified atom stereocenters. The average molecular weight is 192 g/mol. The first kappa shape index (κ1) is 10.1. The van der Waals surface area contributed by atoms with Crippen LogP contribution in [0.2, 0.25) is 0 Å². The molecule has 0 N–H and O–H groups in total. The molecule has 0 aliphatic rings. The highest BCUT2D eigenvalue weighted by atomic mass is 32.2. The van der Waals surface area contributed by atoms with Gasteiger partial charge in [0.2, 0.25) is 0 Å². The molecule has 0 fully saturated rings. The summed E-state index contributed by atoms with van der Waals surface area (Å²) < 4.78 is 0. The summed E-state index contributed by atoms with van der Waals surface area (Å²) in [7, 11) is 0. The molecule has 13 heavy (non-hydrogen) atoms. The standard InChI is InChI=1S/C11H12OS/c1-9(8-13-2)11(12)10-6-4-3-5-7-10/h3-7H,1,8H2,2H3. The van der Waals surface area contributed by atoms with Gasteiger partial charge >= 0.3 is 0 Å². The number of hydrogen-bond acceptors (Lipinski definition) is 2. The zero-order chi connectivity index (χ0) is 9.68. The van der Waals surface area contributed by atoms with Gasteiger partial charge in [0.25, 0.3) is 0 Å². The summed E-state index contributed by atoms with van der Waals surface area (Å²) in [5, 5.41) is 0. The van der Waals surface area contributed by atoms with Crippen LogP contribution in [0, 0.1) is 0 Å². The van der Waals surface area contributed by atoms with E-state index in [1.807, 2.05) is 36.6 Å².